The zero-order valence-electron chi connectivity index (χ0n) is 11.8. The molecule has 20 heavy (non-hydrogen) atoms. The molecule has 2 rings (SSSR count). The normalized spacial score (nSPS) is 19.2. The molecule has 1 aromatic heterocycles. The van der Waals surface area contributed by atoms with Crippen LogP contribution < -0.4 is 0 Å². The van der Waals surface area contributed by atoms with Gasteiger partial charge >= 0.3 is 6.09 Å². The summed E-state index contributed by atoms with van der Waals surface area (Å²) in [5.41, 5.74) is -0.355. The number of pyridine rings is 1. The average Bonchev–Trinajstić information content (AvgIpc) is 2.75. The second-order valence-electron chi connectivity index (χ2n) is 5.93. The van der Waals surface area contributed by atoms with Crippen LogP contribution in [0.25, 0.3) is 0 Å². The summed E-state index contributed by atoms with van der Waals surface area (Å²) in [6.07, 6.45) is 1.17. The molecular weight excluding hydrogens is 266 g/mol. The number of hydrogen-bond donors (Lipinski definition) is 0. The lowest BCUT2D eigenvalue weighted by molar-refractivity contribution is 0.0292. The molecule has 1 unspecified atom stereocenters. The maximum atomic E-state index is 13.7. The fourth-order valence-electron chi connectivity index (χ4n) is 2.20. The van der Waals surface area contributed by atoms with Gasteiger partial charge in [0.1, 0.15) is 17.2 Å². The topological polar surface area (TPSA) is 42.4 Å². The molecule has 1 amide bonds. The third-order valence-corrected chi connectivity index (χ3v) is 3.06. The van der Waals surface area contributed by atoms with E-state index in [1.165, 1.54) is 4.90 Å². The van der Waals surface area contributed by atoms with Crippen molar-refractivity contribution in [3.8, 4) is 0 Å². The molecule has 6 heteroatoms. The third kappa shape index (κ3) is 3.43. The van der Waals surface area contributed by atoms with Crippen molar-refractivity contribution in [3.63, 3.8) is 0 Å². The van der Waals surface area contributed by atoms with E-state index in [1.54, 1.807) is 20.8 Å². The molecule has 1 aliphatic heterocycles. The standard InChI is InChI=1S/C14H18F2N2O2/c1-14(2,3)20-13(19)18-5-4-9(8-18)12-11(16)6-10(15)7-17-12/h6-7,9H,4-5,8H2,1-3H3. The molecule has 0 radical (unpaired) electrons. The first kappa shape index (κ1) is 14.7. The van der Waals surface area contributed by atoms with Gasteiger partial charge < -0.3 is 9.64 Å². The highest BCUT2D eigenvalue weighted by Crippen LogP contribution is 2.28. The highest BCUT2D eigenvalue weighted by atomic mass is 19.1. The summed E-state index contributed by atoms with van der Waals surface area (Å²) < 4.78 is 31.8. The summed E-state index contributed by atoms with van der Waals surface area (Å²) in [5.74, 6) is -1.59. The molecule has 0 aliphatic carbocycles. The maximum absolute atomic E-state index is 13.7. The Hall–Kier alpha value is -1.72. The quantitative estimate of drug-likeness (QED) is 0.796. The monoisotopic (exact) mass is 284 g/mol. The number of nitrogens with zero attached hydrogens (tertiary/aromatic N) is 2. The Morgan fingerprint density at radius 2 is 2.15 bits per heavy atom. The van der Waals surface area contributed by atoms with Crippen LogP contribution in [0.5, 0.6) is 0 Å². The lowest BCUT2D eigenvalue weighted by Gasteiger charge is -2.24. The molecule has 1 fully saturated rings. The highest BCUT2D eigenvalue weighted by Gasteiger charge is 2.32. The summed E-state index contributed by atoms with van der Waals surface area (Å²) >= 11 is 0. The minimum absolute atomic E-state index is 0.206. The maximum Gasteiger partial charge on any atom is 0.410 e. The SMILES string of the molecule is CC(C)(C)OC(=O)N1CCC(c2ncc(F)cc2F)C1. The van der Waals surface area contributed by atoms with Crippen LogP contribution in [0.3, 0.4) is 0 Å². The fourth-order valence-corrected chi connectivity index (χ4v) is 2.20. The Bertz CT molecular complexity index is 514. The van der Waals surface area contributed by atoms with Crippen LogP contribution in [0.4, 0.5) is 13.6 Å². The van der Waals surface area contributed by atoms with Gasteiger partial charge in [-0.05, 0) is 27.2 Å². The van der Waals surface area contributed by atoms with Crippen molar-refractivity contribution < 1.29 is 18.3 Å². The number of aromatic nitrogens is 1. The first-order chi connectivity index (χ1) is 9.26. The summed E-state index contributed by atoms with van der Waals surface area (Å²) in [5, 5.41) is 0. The van der Waals surface area contributed by atoms with Crippen LogP contribution in [-0.4, -0.2) is 34.7 Å². The Balaban J connectivity index is 2.03. The van der Waals surface area contributed by atoms with Gasteiger partial charge in [-0.2, -0.15) is 0 Å². The predicted octanol–water partition coefficient (Wildman–Crippen LogP) is 3.08. The molecule has 1 aliphatic rings. The van der Waals surface area contributed by atoms with Gasteiger partial charge in [-0.15, -0.1) is 0 Å². The Morgan fingerprint density at radius 3 is 2.75 bits per heavy atom. The number of carbonyl (C=O) groups is 1. The molecule has 0 saturated carbocycles. The van der Waals surface area contributed by atoms with Crippen molar-refractivity contribution in [1.29, 1.82) is 0 Å². The lowest BCUT2D eigenvalue weighted by atomic mass is 10.0. The van der Waals surface area contributed by atoms with Crippen LogP contribution in [0.2, 0.25) is 0 Å². The second-order valence-corrected chi connectivity index (χ2v) is 5.93. The van der Waals surface area contributed by atoms with Gasteiger partial charge in [0.25, 0.3) is 0 Å². The lowest BCUT2D eigenvalue weighted by Crippen LogP contribution is -2.35. The Morgan fingerprint density at radius 1 is 1.45 bits per heavy atom. The summed E-state index contributed by atoms with van der Waals surface area (Å²) in [6.45, 7) is 6.20. The van der Waals surface area contributed by atoms with Crippen LogP contribution in [0.1, 0.15) is 38.8 Å². The summed E-state index contributed by atoms with van der Waals surface area (Å²) in [7, 11) is 0. The van der Waals surface area contributed by atoms with Crippen LogP contribution >= 0.6 is 0 Å². The van der Waals surface area contributed by atoms with E-state index in [1.807, 2.05) is 0 Å². The van der Waals surface area contributed by atoms with E-state index < -0.39 is 23.3 Å². The average molecular weight is 284 g/mol. The van der Waals surface area contributed by atoms with Crippen molar-refractivity contribution in [2.45, 2.75) is 38.7 Å². The molecule has 1 aromatic rings. The number of hydrogen-bond acceptors (Lipinski definition) is 3. The Kier molecular flexibility index (Phi) is 3.92. The van der Waals surface area contributed by atoms with E-state index in [2.05, 4.69) is 4.98 Å². The molecule has 1 saturated heterocycles. The molecule has 0 bridgehead atoms. The predicted molar refractivity (Wildman–Crippen MR) is 69.3 cm³/mol. The first-order valence-corrected chi connectivity index (χ1v) is 6.55. The minimum Gasteiger partial charge on any atom is -0.444 e. The molecule has 0 spiro atoms. The van der Waals surface area contributed by atoms with Gasteiger partial charge in [0.15, 0.2) is 0 Å². The van der Waals surface area contributed by atoms with Gasteiger partial charge in [-0.25, -0.2) is 13.6 Å². The third-order valence-electron chi connectivity index (χ3n) is 3.06. The number of ether oxygens (including phenoxy) is 1. The van der Waals surface area contributed by atoms with E-state index in [4.69, 9.17) is 4.74 Å². The molecule has 110 valence electrons. The second kappa shape index (κ2) is 5.34. The van der Waals surface area contributed by atoms with E-state index in [0.29, 0.717) is 19.5 Å². The van der Waals surface area contributed by atoms with E-state index in [0.717, 1.165) is 12.3 Å². The number of rotatable bonds is 1. The number of likely N-dealkylation sites (tertiary alicyclic amines) is 1. The van der Waals surface area contributed by atoms with Crippen molar-refractivity contribution in [2.24, 2.45) is 0 Å². The molecule has 1 atom stereocenters. The number of carbonyl (C=O) groups excluding carboxylic acids is 1. The number of halogens is 2. The van der Waals surface area contributed by atoms with Crippen LogP contribution in [0, 0.1) is 11.6 Å². The summed E-state index contributed by atoms with van der Waals surface area (Å²) in [6, 6.07) is 0.818. The van der Waals surface area contributed by atoms with Gasteiger partial charge in [-0.1, -0.05) is 0 Å². The highest BCUT2D eigenvalue weighted by molar-refractivity contribution is 5.68. The van der Waals surface area contributed by atoms with E-state index >= 15 is 0 Å². The van der Waals surface area contributed by atoms with Gasteiger partial charge in [-0.3, -0.25) is 4.98 Å². The first-order valence-electron chi connectivity index (χ1n) is 6.55. The van der Waals surface area contributed by atoms with Crippen LogP contribution in [-0.2, 0) is 4.74 Å². The molecule has 0 aromatic carbocycles. The molecule has 4 nitrogen and oxygen atoms in total. The largest absolute Gasteiger partial charge is 0.444 e. The molecular formula is C14H18F2N2O2. The molecule has 0 N–H and O–H groups in total. The molecule has 2 heterocycles. The smallest absolute Gasteiger partial charge is 0.410 e. The van der Waals surface area contributed by atoms with E-state index in [9.17, 15) is 13.6 Å². The van der Waals surface area contributed by atoms with Gasteiger partial charge in [0.05, 0.1) is 11.9 Å². The van der Waals surface area contributed by atoms with Crippen molar-refractivity contribution >= 4 is 6.09 Å². The van der Waals surface area contributed by atoms with Gasteiger partial charge in [0.2, 0.25) is 0 Å². The summed E-state index contributed by atoms with van der Waals surface area (Å²) in [4.78, 5) is 17.2. The van der Waals surface area contributed by atoms with Crippen LogP contribution in [0.15, 0.2) is 12.3 Å². The minimum atomic E-state index is -0.701. The van der Waals surface area contributed by atoms with Crippen molar-refractivity contribution in [2.75, 3.05) is 13.1 Å². The van der Waals surface area contributed by atoms with E-state index in [-0.39, 0.29) is 11.6 Å². The fraction of sp³-hybridized carbons (Fsp3) is 0.571. The van der Waals surface area contributed by atoms with Gasteiger partial charge in [0, 0.05) is 25.1 Å². The number of amides is 1. The zero-order valence-corrected chi connectivity index (χ0v) is 11.8. The zero-order chi connectivity index (χ0) is 14.9. The van der Waals surface area contributed by atoms with Crippen molar-refractivity contribution in [1.82, 2.24) is 9.88 Å². The van der Waals surface area contributed by atoms with Crippen molar-refractivity contribution in [3.05, 3.63) is 29.6 Å². The Labute approximate surface area is 116 Å².